The first kappa shape index (κ1) is 15.6. The number of phenolic OH excluding ortho intramolecular Hbond substituents is 1. The summed E-state index contributed by atoms with van der Waals surface area (Å²) in [5.74, 6) is -1.03. The van der Waals surface area contributed by atoms with Crippen molar-refractivity contribution in [2.75, 3.05) is 6.26 Å². The summed E-state index contributed by atoms with van der Waals surface area (Å²) in [6, 6.07) is 4.03. The van der Waals surface area contributed by atoms with E-state index in [1.807, 2.05) is 0 Å². The number of hydrogen-bond acceptors (Lipinski definition) is 5. The number of nitro benzene ring substituents is 1. The van der Waals surface area contributed by atoms with E-state index in [2.05, 4.69) is 11.6 Å². The molecule has 1 aliphatic carbocycles. The van der Waals surface area contributed by atoms with Crippen molar-refractivity contribution < 1.29 is 14.8 Å². The van der Waals surface area contributed by atoms with Crippen molar-refractivity contribution >= 4 is 23.4 Å². The van der Waals surface area contributed by atoms with Crippen molar-refractivity contribution in [3.05, 3.63) is 33.9 Å². The van der Waals surface area contributed by atoms with Crippen LogP contribution in [0.2, 0.25) is 0 Å². The van der Waals surface area contributed by atoms with Gasteiger partial charge in [0.25, 0.3) is 5.91 Å². The van der Waals surface area contributed by atoms with Gasteiger partial charge in [-0.25, -0.2) is 0 Å². The zero-order valence-corrected chi connectivity index (χ0v) is 12.6. The summed E-state index contributed by atoms with van der Waals surface area (Å²) >= 11 is 1.79. The number of nitrogens with zero attached hydrogens (tertiary/aromatic N) is 1. The smallest absolute Gasteiger partial charge is 0.311 e. The van der Waals surface area contributed by atoms with Gasteiger partial charge in [0.05, 0.1) is 10.5 Å². The second kappa shape index (κ2) is 6.80. The number of thioether (sulfide) groups is 1. The summed E-state index contributed by atoms with van der Waals surface area (Å²) in [7, 11) is 0. The fourth-order valence-corrected chi connectivity index (χ4v) is 3.44. The van der Waals surface area contributed by atoms with Gasteiger partial charge in [-0.3, -0.25) is 14.9 Å². The molecule has 6 nitrogen and oxygen atoms in total. The van der Waals surface area contributed by atoms with Crippen LogP contribution < -0.4 is 5.32 Å². The molecule has 2 N–H and O–H groups in total. The Balaban J connectivity index is 2.10. The van der Waals surface area contributed by atoms with Gasteiger partial charge >= 0.3 is 5.69 Å². The van der Waals surface area contributed by atoms with Crippen molar-refractivity contribution in [1.82, 2.24) is 5.32 Å². The molecule has 1 aliphatic rings. The largest absolute Gasteiger partial charge is 0.502 e. The molecule has 1 amide bonds. The topological polar surface area (TPSA) is 92.5 Å². The number of nitrogens with one attached hydrogen (secondary N) is 1. The molecule has 0 radical (unpaired) electrons. The van der Waals surface area contributed by atoms with Crippen LogP contribution in [0.15, 0.2) is 18.2 Å². The van der Waals surface area contributed by atoms with Crippen LogP contribution in [-0.4, -0.2) is 33.5 Å². The quantitative estimate of drug-likeness (QED) is 0.659. The summed E-state index contributed by atoms with van der Waals surface area (Å²) < 4.78 is 0. The minimum Gasteiger partial charge on any atom is -0.502 e. The lowest BCUT2D eigenvalue weighted by Gasteiger charge is -2.28. The molecule has 0 spiro atoms. The van der Waals surface area contributed by atoms with Crippen LogP contribution >= 0.6 is 11.8 Å². The SMILES string of the molecule is CSC1CCCC(NC(=O)c2cccc([N+](=O)[O-])c2O)C1. The number of hydrogen-bond donors (Lipinski definition) is 2. The van der Waals surface area contributed by atoms with Gasteiger partial charge in [-0.1, -0.05) is 12.5 Å². The molecule has 7 heteroatoms. The summed E-state index contributed by atoms with van der Waals surface area (Å²) in [6.45, 7) is 0. The third-order valence-electron chi connectivity index (χ3n) is 3.75. The molecule has 2 rings (SSSR count). The van der Waals surface area contributed by atoms with E-state index in [4.69, 9.17) is 0 Å². The Labute approximate surface area is 127 Å². The number of rotatable bonds is 4. The maximum absolute atomic E-state index is 12.2. The molecule has 1 aromatic rings. The molecule has 0 saturated heterocycles. The van der Waals surface area contributed by atoms with E-state index in [0.29, 0.717) is 5.25 Å². The zero-order chi connectivity index (χ0) is 15.4. The van der Waals surface area contributed by atoms with Crippen molar-refractivity contribution in [3.8, 4) is 5.75 Å². The first-order chi connectivity index (χ1) is 10.0. The van der Waals surface area contributed by atoms with Crippen molar-refractivity contribution in [3.63, 3.8) is 0 Å². The van der Waals surface area contributed by atoms with Crippen LogP contribution in [0.5, 0.6) is 5.75 Å². The highest BCUT2D eigenvalue weighted by Gasteiger charge is 2.26. The molecule has 1 saturated carbocycles. The number of carbonyl (C=O) groups excluding carboxylic acids is 1. The Hall–Kier alpha value is -1.76. The number of amides is 1. The lowest BCUT2D eigenvalue weighted by atomic mass is 9.94. The summed E-state index contributed by atoms with van der Waals surface area (Å²) in [6.07, 6.45) is 6.05. The molecular formula is C14H18N2O4S. The predicted octanol–water partition coefficient (Wildman–Crippen LogP) is 2.70. The van der Waals surface area contributed by atoms with Crippen molar-refractivity contribution in [1.29, 1.82) is 0 Å². The van der Waals surface area contributed by atoms with Gasteiger partial charge in [-0.15, -0.1) is 0 Å². The second-order valence-electron chi connectivity index (χ2n) is 5.13. The van der Waals surface area contributed by atoms with Gasteiger partial charge in [-0.2, -0.15) is 11.8 Å². The molecule has 1 fully saturated rings. The highest BCUT2D eigenvalue weighted by molar-refractivity contribution is 7.99. The Morgan fingerprint density at radius 2 is 2.24 bits per heavy atom. The van der Waals surface area contributed by atoms with Gasteiger partial charge in [0.15, 0.2) is 0 Å². The van der Waals surface area contributed by atoms with Gasteiger partial charge in [-0.05, 0) is 31.6 Å². The average Bonchev–Trinajstić information content (AvgIpc) is 2.47. The highest BCUT2D eigenvalue weighted by atomic mass is 32.2. The molecule has 0 aliphatic heterocycles. The lowest BCUT2D eigenvalue weighted by Crippen LogP contribution is -2.39. The second-order valence-corrected chi connectivity index (χ2v) is 6.26. The minimum atomic E-state index is -0.698. The number of para-hydroxylation sites is 1. The molecule has 2 atom stereocenters. The molecule has 114 valence electrons. The standard InChI is InChI=1S/C14H18N2O4S/c1-21-10-5-2-4-9(8-10)15-14(18)11-6-3-7-12(13(11)17)16(19)20/h3,6-7,9-10,17H,2,4-5,8H2,1H3,(H,15,18). The number of carbonyl (C=O) groups is 1. The highest BCUT2D eigenvalue weighted by Crippen LogP contribution is 2.30. The van der Waals surface area contributed by atoms with E-state index in [0.717, 1.165) is 25.7 Å². The van der Waals surface area contributed by atoms with Crippen LogP contribution in [-0.2, 0) is 0 Å². The molecule has 0 aromatic heterocycles. The Morgan fingerprint density at radius 3 is 2.90 bits per heavy atom. The van der Waals surface area contributed by atoms with Gasteiger partial charge in [0.2, 0.25) is 5.75 Å². The molecule has 1 aromatic carbocycles. The fraction of sp³-hybridized carbons (Fsp3) is 0.500. The molecule has 2 unspecified atom stereocenters. The molecular weight excluding hydrogens is 292 g/mol. The van der Waals surface area contributed by atoms with Gasteiger partial charge in [0.1, 0.15) is 0 Å². The monoisotopic (exact) mass is 310 g/mol. The van der Waals surface area contributed by atoms with Crippen LogP contribution in [0.3, 0.4) is 0 Å². The lowest BCUT2D eigenvalue weighted by molar-refractivity contribution is -0.385. The van der Waals surface area contributed by atoms with Crippen LogP contribution in [0.25, 0.3) is 0 Å². The van der Waals surface area contributed by atoms with E-state index >= 15 is 0 Å². The summed E-state index contributed by atoms with van der Waals surface area (Å²) in [4.78, 5) is 22.3. The predicted molar refractivity (Wildman–Crippen MR) is 81.8 cm³/mol. The van der Waals surface area contributed by atoms with Gasteiger partial charge in [0, 0.05) is 17.4 Å². The number of aromatic hydroxyl groups is 1. The van der Waals surface area contributed by atoms with E-state index in [-0.39, 0.29) is 11.6 Å². The van der Waals surface area contributed by atoms with E-state index in [1.54, 1.807) is 11.8 Å². The van der Waals surface area contributed by atoms with Crippen LogP contribution in [0.1, 0.15) is 36.0 Å². The van der Waals surface area contributed by atoms with E-state index in [9.17, 15) is 20.0 Å². The van der Waals surface area contributed by atoms with Crippen molar-refractivity contribution in [2.45, 2.75) is 37.0 Å². The number of nitro groups is 1. The normalized spacial score (nSPS) is 21.8. The Kier molecular flexibility index (Phi) is 5.06. The molecule has 0 heterocycles. The maximum atomic E-state index is 12.2. The first-order valence-corrected chi connectivity index (χ1v) is 8.11. The maximum Gasteiger partial charge on any atom is 0.311 e. The van der Waals surface area contributed by atoms with Crippen LogP contribution in [0.4, 0.5) is 5.69 Å². The third kappa shape index (κ3) is 3.66. The molecule has 21 heavy (non-hydrogen) atoms. The van der Waals surface area contributed by atoms with Crippen molar-refractivity contribution in [2.24, 2.45) is 0 Å². The summed E-state index contributed by atoms with van der Waals surface area (Å²) in [5.41, 5.74) is -0.497. The third-order valence-corrected chi connectivity index (χ3v) is 4.85. The average molecular weight is 310 g/mol. The number of benzene rings is 1. The zero-order valence-electron chi connectivity index (χ0n) is 11.7. The van der Waals surface area contributed by atoms with E-state index in [1.165, 1.54) is 18.2 Å². The Morgan fingerprint density at radius 1 is 1.48 bits per heavy atom. The van der Waals surface area contributed by atoms with E-state index < -0.39 is 22.3 Å². The van der Waals surface area contributed by atoms with Gasteiger partial charge < -0.3 is 10.4 Å². The molecule has 0 bridgehead atoms. The van der Waals surface area contributed by atoms with Crippen LogP contribution in [0, 0.1) is 10.1 Å². The first-order valence-electron chi connectivity index (χ1n) is 6.83. The fourth-order valence-electron chi connectivity index (χ4n) is 2.62. The minimum absolute atomic E-state index is 0.0459. The summed E-state index contributed by atoms with van der Waals surface area (Å²) in [5, 5.41) is 24.0. The number of phenols is 1. The Bertz CT molecular complexity index is 550.